The molecule has 0 radical (unpaired) electrons. The molecule has 1 unspecified atom stereocenters. The Hall–Kier alpha value is -2.41. The summed E-state index contributed by atoms with van der Waals surface area (Å²) in [5, 5.41) is 19.2. The minimum absolute atomic E-state index is 0.502. The Kier molecular flexibility index (Phi) is 5.43. The summed E-state index contributed by atoms with van der Waals surface area (Å²) in [4.78, 5) is 2.31. The smallest absolute Gasteiger partial charge is 0.0991 e. The lowest BCUT2D eigenvalue weighted by molar-refractivity contribution is 0.108. The van der Waals surface area contributed by atoms with Gasteiger partial charge in [-0.2, -0.15) is 5.26 Å². The first-order valence-corrected chi connectivity index (χ1v) is 8.39. The molecular formula is C21H22N2O. The first kappa shape index (κ1) is 16.4. The maximum atomic E-state index is 10.4. The van der Waals surface area contributed by atoms with E-state index in [1.165, 1.54) is 11.1 Å². The minimum atomic E-state index is -0.502. The summed E-state index contributed by atoms with van der Waals surface area (Å²) in [6.07, 6.45) is 3.88. The van der Waals surface area contributed by atoms with Crippen LogP contribution in [0.1, 0.15) is 35.6 Å². The number of aliphatic hydroxyl groups is 1. The average Bonchev–Trinajstić information content (AvgIpc) is 2.64. The number of benzene rings is 2. The molecule has 1 aliphatic heterocycles. The van der Waals surface area contributed by atoms with Crippen molar-refractivity contribution >= 4 is 6.08 Å². The van der Waals surface area contributed by atoms with Gasteiger partial charge in [0, 0.05) is 19.6 Å². The molecule has 2 aromatic rings. The SMILES string of the molecule is N#Cc1ccc(C(O)CN2CCC(=Cc3ccccc3)CC2)cc1. The molecule has 0 saturated carbocycles. The van der Waals surface area contributed by atoms with Crippen molar-refractivity contribution in [1.82, 2.24) is 4.90 Å². The molecule has 3 rings (SSSR count). The molecule has 0 spiro atoms. The van der Waals surface area contributed by atoms with E-state index in [0.717, 1.165) is 31.5 Å². The van der Waals surface area contributed by atoms with Gasteiger partial charge in [0.2, 0.25) is 0 Å². The van der Waals surface area contributed by atoms with Crippen molar-refractivity contribution in [2.75, 3.05) is 19.6 Å². The number of nitrogens with zero attached hydrogens (tertiary/aromatic N) is 2. The van der Waals surface area contributed by atoms with Crippen LogP contribution in [0.4, 0.5) is 0 Å². The summed E-state index contributed by atoms with van der Waals surface area (Å²) in [6, 6.07) is 19.7. The van der Waals surface area contributed by atoms with Crippen LogP contribution in [0.2, 0.25) is 0 Å². The Morgan fingerprint density at radius 3 is 2.33 bits per heavy atom. The quantitative estimate of drug-likeness (QED) is 0.933. The van der Waals surface area contributed by atoms with Crippen molar-refractivity contribution in [2.45, 2.75) is 18.9 Å². The number of rotatable bonds is 4. The lowest BCUT2D eigenvalue weighted by atomic mass is 10.00. The summed E-state index contributed by atoms with van der Waals surface area (Å²) < 4.78 is 0. The van der Waals surface area contributed by atoms with Gasteiger partial charge in [0.05, 0.1) is 17.7 Å². The van der Waals surface area contributed by atoms with Gasteiger partial charge in [0.1, 0.15) is 0 Å². The Balaban J connectivity index is 1.53. The van der Waals surface area contributed by atoms with Crippen LogP contribution in [0.15, 0.2) is 60.2 Å². The van der Waals surface area contributed by atoms with Crippen molar-refractivity contribution in [3.05, 3.63) is 76.9 Å². The van der Waals surface area contributed by atoms with E-state index in [0.29, 0.717) is 12.1 Å². The molecule has 1 heterocycles. The number of piperidine rings is 1. The van der Waals surface area contributed by atoms with Gasteiger partial charge in [-0.1, -0.05) is 54.1 Å². The van der Waals surface area contributed by atoms with E-state index in [1.807, 2.05) is 18.2 Å². The van der Waals surface area contributed by atoms with Gasteiger partial charge in [-0.05, 0) is 36.1 Å². The lowest BCUT2D eigenvalue weighted by Gasteiger charge is -2.30. The molecule has 3 heteroatoms. The highest BCUT2D eigenvalue weighted by Crippen LogP contribution is 2.22. The third-order valence-electron chi connectivity index (χ3n) is 4.52. The van der Waals surface area contributed by atoms with E-state index in [9.17, 15) is 5.11 Å². The zero-order valence-electron chi connectivity index (χ0n) is 13.7. The van der Waals surface area contributed by atoms with Gasteiger partial charge < -0.3 is 5.11 Å². The molecular weight excluding hydrogens is 296 g/mol. The highest BCUT2D eigenvalue weighted by Gasteiger charge is 2.18. The monoisotopic (exact) mass is 318 g/mol. The predicted octanol–water partition coefficient (Wildman–Crippen LogP) is 3.77. The second kappa shape index (κ2) is 7.92. The molecule has 1 fully saturated rings. The van der Waals surface area contributed by atoms with E-state index >= 15 is 0 Å². The standard InChI is InChI=1S/C21H22N2O/c22-15-19-6-8-20(9-7-19)21(24)16-23-12-10-18(11-13-23)14-17-4-2-1-3-5-17/h1-9,14,21,24H,10-13,16H2. The number of β-amino-alcohol motifs (C(OH)–C–C–N with tert-alkyl or cyclic N) is 1. The van der Waals surface area contributed by atoms with Crippen LogP contribution in [0.25, 0.3) is 6.08 Å². The maximum Gasteiger partial charge on any atom is 0.0991 e. The van der Waals surface area contributed by atoms with Gasteiger partial charge in [0.25, 0.3) is 0 Å². The summed E-state index contributed by atoms with van der Waals surface area (Å²) in [7, 11) is 0. The van der Waals surface area contributed by atoms with E-state index in [-0.39, 0.29) is 0 Å². The minimum Gasteiger partial charge on any atom is -0.387 e. The van der Waals surface area contributed by atoms with Crippen LogP contribution in [-0.2, 0) is 0 Å². The average molecular weight is 318 g/mol. The van der Waals surface area contributed by atoms with Gasteiger partial charge >= 0.3 is 0 Å². The zero-order valence-corrected chi connectivity index (χ0v) is 13.7. The van der Waals surface area contributed by atoms with Crippen LogP contribution in [-0.4, -0.2) is 29.6 Å². The Morgan fingerprint density at radius 1 is 1.04 bits per heavy atom. The van der Waals surface area contributed by atoms with Crippen molar-refractivity contribution in [1.29, 1.82) is 5.26 Å². The highest BCUT2D eigenvalue weighted by molar-refractivity contribution is 5.52. The fraction of sp³-hybridized carbons (Fsp3) is 0.286. The molecule has 1 N–H and O–H groups in total. The van der Waals surface area contributed by atoms with Crippen LogP contribution < -0.4 is 0 Å². The summed E-state index contributed by atoms with van der Waals surface area (Å²) >= 11 is 0. The van der Waals surface area contributed by atoms with Crippen LogP contribution >= 0.6 is 0 Å². The van der Waals surface area contributed by atoms with Crippen molar-refractivity contribution in [3.63, 3.8) is 0 Å². The maximum absolute atomic E-state index is 10.4. The molecule has 0 amide bonds. The number of nitriles is 1. The number of hydrogen-bond acceptors (Lipinski definition) is 3. The van der Waals surface area contributed by atoms with E-state index < -0.39 is 6.10 Å². The normalized spacial score (nSPS) is 16.4. The fourth-order valence-electron chi connectivity index (χ4n) is 3.08. The second-order valence-corrected chi connectivity index (χ2v) is 6.26. The predicted molar refractivity (Wildman–Crippen MR) is 96.2 cm³/mol. The zero-order chi connectivity index (χ0) is 16.8. The van der Waals surface area contributed by atoms with Crippen molar-refractivity contribution in [3.8, 4) is 6.07 Å². The van der Waals surface area contributed by atoms with Crippen LogP contribution in [0, 0.1) is 11.3 Å². The molecule has 0 bridgehead atoms. The van der Waals surface area contributed by atoms with Crippen LogP contribution in [0.3, 0.4) is 0 Å². The van der Waals surface area contributed by atoms with Crippen molar-refractivity contribution in [2.24, 2.45) is 0 Å². The third-order valence-corrected chi connectivity index (χ3v) is 4.52. The van der Waals surface area contributed by atoms with Crippen molar-refractivity contribution < 1.29 is 5.11 Å². The molecule has 24 heavy (non-hydrogen) atoms. The Morgan fingerprint density at radius 2 is 1.71 bits per heavy atom. The topological polar surface area (TPSA) is 47.3 Å². The Bertz CT molecular complexity index is 719. The number of likely N-dealkylation sites (tertiary alicyclic amines) is 1. The molecule has 2 aromatic carbocycles. The van der Waals surface area contributed by atoms with Gasteiger partial charge in [-0.3, -0.25) is 4.90 Å². The van der Waals surface area contributed by atoms with E-state index in [4.69, 9.17) is 5.26 Å². The molecule has 1 saturated heterocycles. The lowest BCUT2D eigenvalue weighted by Crippen LogP contribution is -2.34. The summed E-state index contributed by atoms with van der Waals surface area (Å²) in [5.74, 6) is 0. The second-order valence-electron chi connectivity index (χ2n) is 6.26. The van der Waals surface area contributed by atoms with E-state index in [1.54, 1.807) is 12.1 Å². The third kappa shape index (κ3) is 4.32. The molecule has 122 valence electrons. The number of hydrogen-bond donors (Lipinski definition) is 1. The number of aliphatic hydroxyl groups excluding tert-OH is 1. The van der Waals surface area contributed by atoms with E-state index in [2.05, 4.69) is 41.3 Å². The fourth-order valence-corrected chi connectivity index (χ4v) is 3.08. The largest absolute Gasteiger partial charge is 0.387 e. The van der Waals surface area contributed by atoms with Crippen LogP contribution in [0.5, 0.6) is 0 Å². The molecule has 0 aliphatic carbocycles. The molecule has 1 atom stereocenters. The first-order chi connectivity index (χ1) is 11.7. The first-order valence-electron chi connectivity index (χ1n) is 8.39. The molecule has 1 aliphatic rings. The Labute approximate surface area is 143 Å². The summed E-state index contributed by atoms with van der Waals surface area (Å²) in [5.41, 5.74) is 4.24. The highest BCUT2D eigenvalue weighted by atomic mass is 16.3. The summed E-state index contributed by atoms with van der Waals surface area (Å²) in [6.45, 7) is 2.60. The van der Waals surface area contributed by atoms with Gasteiger partial charge in [-0.15, -0.1) is 0 Å². The molecule has 3 nitrogen and oxygen atoms in total. The molecule has 0 aromatic heterocycles. The van der Waals surface area contributed by atoms with Gasteiger partial charge in [-0.25, -0.2) is 0 Å². The van der Waals surface area contributed by atoms with Gasteiger partial charge in [0.15, 0.2) is 0 Å².